The number of fused-ring (bicyclic) bond motifs is 1. The molecular formula is C33H33ClN4O6S. The lowest BCUT2D eigenvalue weighted by atomic mass is 9.88. The molecule has 1 atom stereocenters. The van der Waals surface area contributed by atoms with Crippen LogP contribution in [0.1, 0.15) is 62.6 Å². The van der Waals surface area contributed by atoms with Crippen LogP contribution in [-0.4, -0.2) is 51.8 Å². The molecule has 3 amide bonds. The lowest BCUT2D eigenvalue weighted by Crippen LogP contribution is -2.48. The van der Waals surface area contributed by atoms with Crippen molar-refractivity contribution in [2.45, 2.75) is 51.1 Å². The molecule has 4 N–H and O–H groups in total. The van der Waals surface area contributed by atoms with E-state index in [1.165, 1.54) is 23.1 Å². The molecule has 0 aliphatic heterocycles. The summed E-state index contributed by atoms with van der Waals surface area (Å²) in [6.07, 6.45) is 5.18. The van der Waals surface area contributed by atoms with Crippen molar-refractivity contribution in [3.05, 3.63) is 96.9 Å². The van der Waals surface area contributed by atoms with Gasteiger partial charge in [-0.25, -0.2) is 4.79 Å². The van der Waals surface area contributed by atoms with E-state index >= 15 is 0 Å². The molecule has 0 unspecified atom stereocenters. The molecule has 1 fully saturated rings. The number of nitrogens with zero attached hydrogens (tertiary/aromatic N) is 1. The number of aromatic amines is 1. The minimum atomic E-state index is -1.15. The molecule has 5 rings (SSSR count). The normalized spacial score (nSPS) is 14.1. The number of hydrogen-bond donors (Lipinski definition) is 4. The van der Waals surface area contributed by atoms with Gasteiger partial charge in [-0.05, 0) is 66.4 Å². The number of thiophene rings is 1. The van der Waals surface area contributed by atoms with Crippen molar-refractivity contribution >= 4 is 63.2 Å². The smallest absolute Gasteiger partial charge is 0.345 e. The van der Waals surface area contributed by atoms with Gasteiger partial charge in [0.15, 0.2) is 0 Å². The summed E-state index contributed by atoms with van der Waals surface area (Å²) in [4.78, 5) is 67.8. The average Bonchev–Trinajstić information content (AvgIpc) is 3.53. The zero-order valence-corrected chi connectivity index (χ0v) is 26.2. The van der Waals surface area contributed by atoms with Gasteiger partial charge in [0.05, 0.1) is 4.88 Å². The summed E-state index contributed by atoms with van der Waals surface area (Å²) in [6, 6.07) is 15.3. The van der Waals surface area contributed by atoms with E-state index in [-0.39, 0.29) is 40.1 Å². The number of anilines is 1. The SMILES string of the molecule is CN(Cc1cc(=O)[nH]c2ccc(Cl)cc12)C(=O)[C@H](Cc1ccc(NC(=O)C2CCCCC2)cc1)NC(=O)c1ccc(C(=O)O)s1. The maximum absolute atomic E-state index is 13.9. The van der Waals surface area contributed by atoms with Crippen LogP contribution in [0.5, 0.6) is 0 Å². The number of benzene rings is 2. The average molecular weight is 649 g/mol. The second kappa shape index (κ2) is 14.1. The first-order chi connectivity index (χ1) is 21.6. The number of nitrogens with one attached hydrogen (secondary N) is 3. The number of hydrogen-bond acceptors (Lipinski definition) is 6. The number of aromatic nitrogens is 1. The predicted octanol–water partition coefficient (Wildman–Crippen LogP) is 5.46. The Hall–Kier alpha value is -4.48. The fourth-order valence-corrected chi connectivity index (χ4v) is 6.52. The lowest BCUT2D eigenvalue weighted by molar-refractivity contribution is -0.132. The lowest BCUT2D eigenvalue weighted by Gasteiger charge is -2.25. The fourth-order valence-electron chi connectivity index (χ4n) is 5.60. The molecule has 2 heterocycles. The number of halogens is 1. The van der Waals surface area contributed by atoms with E-state index in [4.69, 9.17) is 11.6 Å². The molecule has 4 aromatic rings. The highest BCUT2D eigenvalue weighted by Crippen LogP contribution is 2.26. The third-order valence-electron chi connectivity index (χ3n) is 7.96. The van der Waals surface area contributed by atoms with E-state index in [1.54, 1.807) is 49.5 Å². The van der Waals surface area contributed by atoms with Gasteiger partial charge < -0.3 is 25.6 Å². The highest BCUT2D eigenvalue weighted by molar-refractivity contribution is 7.15. The van der Waals surface area contributed by atoms with Crippen LogP contribution in [-0.2, 0) is 22.6 Å². The molecule has 0 radical (unpaired) electrons. The van der Waals surface area contributed by atoms with Gasteiger partial charge in [-0.3, -0.25) is 19.2 Å². The van der Waals surface area contributed by atoms with E-state index in [0.29, 0.717) is 27.2 Å². The maximum atomic E-state index is 13.9. The van der Waals surface area contributed by atoms with Crippen molar-refractivity contribution < 1.29 is 24.3 Å². The highest BCUT2D eigenvalue weighted by Gasteiger charge is 2.27. The summed E-state index contributed by atoms with van der Waals surface area (Å²) in [5.41, 5.74) is 2.23. The van der Waals surface area contributed by atoms with Crippen LogP contribution in [0.25, 0.3) is 10.9 Å². The first-order valence-corrected chi connectivity index (χ1v) is 15.9. The number of carbonyl (C=O) groups excluding carboxylic acids is 3. The minimum Gasteiger partial charge on any atom is -0.477 e. The number of carboxylic acids is 1. The van der Waals surface area contributed by atoms with E-state index in [0.717, 1.165) is 49.0 Å². The molecule has 45 heavy (non-hydrogen) atoms. The number of amides is 3. The monoisotopic (exact) mass is 648 g/mol. The van der Waals surface area contributed by atoms with Crippen LogP contribution in [0.4, 0.5) is 5.69 Å². The van der Waals surface area contributed by atoms with E-state index in [1.807, 2.05) is 0 Å². The molecular weight excluding hydrogens is 616 g/mol. The number of carboxylic acid groups (broad SMARTS) is 1. The van der Waals surface area contributed by atoms with E-state index in [2.05, 4.69) is 15.6 Å². The summed E-state index contributed by atoms with van der Waals surface area (Å²) < 4.78 is 0. The molecule has 0 saturated heterocycles. The zero-order valence-electron chi connectivity index (χ0n) is 24.6. The van der Waals surface area contributed by atoms with Crippen molar-refractivity contribution in [2.75, 3.05) is 12.4 Å². The minimum absolute atomic E-state index is 0.00541. The van der Waals surface area contributed by atoms with Crippen molar-refractivity contribution in [1.29, 1.82) is 0 Å². The number of rotatable bonds is 10. The second-order valence-corrected chi connectivity index (χ2v) is 12.8. The molecule has 2 aromatic carbocycles. The number of pyridine rings is 1. The quantitative estimate of drug-likeness (QED) is 0.179. The molecule has 2 aromatic heterocycles. The van der Waals surface area contributed by atoms with Crippen LogP contribution < -0.4 is 16.2 Å². The Labute approximate surface area is 268 Å². The van der Waals surface area contributed by atoms with Gasteiger partial charge in [-0.2, -0.15) is 0 Å². The van der Waals surface area contributed by atoms with Gasteiger partial charge in [-0.1, -0.05) is 43.0 Å². The molecule has 1 aliphatic rings. The van der Waals surface area contributed by atoms with Gasteiger partial charge >= 0.3 is 5.97 Å². The molecule has 10 nitrogen and oxygen atoms in total. The molecule has 234 valence electrons. The Kier molecular flexibility index (Phi) is 9.99. The summed E-state index contributed by atoms with van der Waals surface area (Å²) in [7, 11) is 1.58. The number of carbonyl (C=O) groups is 4. The first kappa shape index (κ1) is 31.9. The zero-order chi connectivity index (χ0) is 32.1. The van der Waals surface area contributed by atoms with Crippen molar-refractivity contribution in [3.63, 3.8) is 0 Å². The molecule has 1 aliphatic carbocycles. The molecule has 0 spiro atoms. The fraction of sp³-hybridized carbons (Fsp3) is 0.303. The summed E-state index contributed by atoms with van der Waals surface area (Å²) in [5.74, 6) is -2.12. The third kappa shape index (κ3) is 7.98. The van der Waals surface area contributed by atoms with Gasteiger partial charge in [0.2, 0.25) is 17.4 Å². The number of likely N-dealkylation sites (N-methyl/N-ethyl adjacent to an activating group) is 1. The summed E-state index contributed by atoms with van der Waals surface area (Å²) in [6.45, 7) is 0.0697. The van der Waals surface area contributed by atoms with E-state index in [9.17, 15) is 29.1 Å². The van der Waals surface area contributed by atoms with Crippen LogP contribution >= 0.6 is 22.9 Å². The van der Waals surface area contributed by atoms with Crippen molar-refractivity contribution in [3.8, 4) is 0 Å². The second-order valence-electron chi connectivity index (χ2n) is 11.3. The van der Waals surface area contributed by atoms with Crippen LogP contribution in [0.15, 0.2) is 65.5 Å². The molecule has 12 heteroatoms. The van der Waals surface area contributed by atoms with Crippen molar-refractivity contribution in [1.82, 2.24) is 15.2 Å². The van der Waals surface area contributed by atoms with E-state index < -0.39 is 23.8 Å². The Balaban J connectivity index is 1.35. The highest BCUT2D eigenvalue weighted by atomic mass is 35.5. The molecule has 1 saturated carbocycles. The van der Waals surface area contributed by atoms with Gasteiger partial charge in [0.25, 0.3) is 5.91 Å². The Morgan fingerprint density at radius 2 is 1.71 bits per heavy atom. The predicted molar refractivity (Wildman–Crippen MR) is 174 cm³/mol. The first-order valence-electron chi connectivity index (χ1n) is 14.7. The largest absolute Gasteiger partial charge is 0.477 e. The van der Waals surface area contributed by atoms with Crippen LogP contribution in [0.2, 0.25) is 5.02 Å². The van der Waals surface area contributed by atoms with Crippen LogP contribution in [0, 0.1) is 5.92 Å². The maximum Gasteiger partial charge on any atom is 0.345 e. The van der Waals surface area contributed by atoms with Gasteiger partial charge in [0, 0.05) is 53.6 Å². The topological polar surface area (TPSA) is 149 Å². The van der Waals surface area contributed by atoms with Crippen LogP contribution in [0.3, 0.4) is 0 Å². The standard InChI is InChI=1S/C33H33ClN4O6S/c1-38(18-21-16-29(39)36-25-12-9-22(34)17-24(21)25)32(42)26(37-31(41)27-13-14-28(45-27)33(43)44)15-19-7-10-23(11-8-19)35-30(40)20-5-3-2-4-6-20/h7-14,16-17,20,26H,2-6,15,18H2,1H3,(H,35,40)(H,36,39)(H,37,41)(H,43,44)/t26-/m0/s1. The number of H-pyrrole nitrogens is 1. The van der Waals surface area contributed by atoms with Gasteiger partial charge in [-0.15, -0.1) is 11.3 Å². The Morgan fingerprint density at radius 3 is 2.40 bits per heavy atom. The van der Waals surface area contributed by atoms with Crippen molar-refractivity contribution in [2.24, 2.45) is 5.92 Å². The number of aromatic carboxylic acids is 1. The van der Waals surface area contributed by atoms with Gasteiger partial charge in [0.1, 0.15) is 10.9 Å². The summed E-state index contributed by atoms with van der Waals surface area (Å²) >= 11 is 7.02. The molecule has 0 bridgehead atoms. The summed E-state index contributed by atoms with van der Waals surface area (Å²) in [5, 5.41) is 16.2. The Bertz CT molecular complexity index is 1790. The Morgan fingerprint density at radius 1 is 1.00 bits per heavy atom. The third-order valence-corrected chi connectivity index (χ3v) is 9.26.